The zero-order valence-corrected chi connectivity index (χ0v) is 12.4. The third-order valence-corrected chi connectivity index (χ3v) is 2.95. The standard InChI is InChI=1S/C16H27NO2/c1-5-7-16(19-11-6-10-17)12-13(2)8-9-14(3)15(4)18/h5,7,12,14H,1,6,8-11,17H2,2-4H3/b13-12+,16-7+. The molecule has 3 heteroatoms. The number of hydrogen-bond acceptors (Lipinski definition) is 3. The number of hydrogen-bond donors (Lipinski definition) is 1. The Hall–Kier alpha value is -1.35. The zero-order valence-electron chi connectivity index (χ0n) is 12.4. The summed E-state index contributed by atoms with van der Waals surface area (Å²) in [6.45, 7) is 10.6. The average Bonchev–Trinajstić information content (AvgIpc) is 2.36. The Bertz CT molecular complexity index is 343. The Kier molecular flexibility index (Phi) is 9.81. The highest BCUT2D eigenvalue weighted by Crippen LogP contribution is 2.15. The van der Waals surface area contributed by atoms with E-state index in [4.69, 9.17) is 10.5 Å². The Morgan fingerprint density at radius 3 is 2.63 bits per heavy atom. The normalized spacial score (nSPS) is 14.1. The predicted molar refractivity (Wildman–Crippen MR) is 80.7 cm³/mol. The Morgan fingerprint density at radius 2 is 2.11 bits per heavy atom. The summed E-state index contributed by atoms with van der Waals surface area (Å²) >= 11 is 0. The van der Waals surface area contributed by atoms with Crippen molar-refractivity contribution >= 4 is 5.78 Å². The molecule has 3 nitrogen and oxygen atoms in total. The summed E-state index contributed by atoms with van der Waals surface area (Å²) in [6.07, 6.45) is 8.17. The number of ether oxygens (including phenoxy) is 1. The molecule has 0 aliphatic rings. The van der Waals surface area contributed by atoms with Crippen LogP contribution in [0.2, 0.25) is 0 Å². The molecule has 0 rings (SSSR count). The van der Waals surface area contributed by atoms with Gasteiger partial charge in [-0.15, -0.1) is 0 Å². The smallest absolute Gasteiger partial charge is 0.132 e. The van der Waals surface area contributed by atoms with Gasteiger partial charge in [-0.25, -0.2) is 0 Å². The van der Waals surface area contributed by atoms with Crippen LogP contribution in [0.5, 0.6) is 0 Å². The largest absolute Gasteiger partial charge is 0.494 e. The second kappa shape index (κ2) is 10.6. The van der Waals surface area contributed by atoms with Gasteiger partial charge in [-0.1, -0.05) is 25.2 Å². The summed E-state index contributed by atoms with van der Waals surface area (Å²) in [5, 5.41) is 0. The van der Waals surface area contributed by atoms with Gasteiger partial charge in [0.2, 0.25) is 0 Å². The lowest BCUT2D eigenvalue weighted by atomic mass is 9.98. The van der Waals surface area contributed by atoms with E-state index in [0.717, 1.165) is 25.0 Å². The topological polar surface area (TPSA) is 52.3 Å². The van der Waals surface area contributed by atoms with Crippen LogP contribution in [0.25, 0.3) is 0 Å². The molecule has 0 saturated heterocycles. The fourth-order valence-electron chi connectivity index (χ4n) is 1.49. The van der Waals surface area contributed by atoms with Crippen LogP contribution in [0.3, 0.4) is 0 Å². The van der Waals surface area contributed by atoms with Crippen LogP contribution in [0.15, 0.2) is 36.1 Å². The molecule has 0 aromatic heterocycles. The van der Waals surface area contributed by atoms with E-state index in [0.29, 0.717) is 13.2 Å². The summed E-state index contributed by atoms with van der Waals surface area (Å²) in [7, 11) is 0. The molecular weight excluding hydrogens is 238 g/mol. The molecule has 2 N–H and O–H groups in total. The highest BCUT2D eigenvalue weighted by molar-refractivity contribution is 5.77. The summed E-state index contributed by atoms with van der Waals surface area (Å²) in [5.41, 5.74) is 6.64. The first-order valence-corrected chi connectivity index (χ1v) is 6.84. The molecule has 0 spiro atoms. The van der Waals surface area contributed by atoms with Crippen LogP contribution in [0.4, 0.5) is 0 Å². The fourth-order valence-corrected chi connectivity index (χ4v) is 1.49. The summed E-state index contributed by atoms with van der Waals surface area (Å²) in [4.78, 5) is 11.2. The van der Waals surface area contributed by atoms with E-state index in [1.165, 1.54) is 5.57 Å². The Morgan fingerprint density at radius 1 is 1.42 bits per heavy atom. The van der Waals surface area contributed by atoms with Crippen molar-refractivity contribution in [1.82, 2.24) is 0 Å². The van der Waals surface area contributed by atoms with Gasteiger partial charge in [0.25, 0.3) is 0 Å². The lowest BCUT2D eigenvalue weighted by Gasteiger charge is -2.09. The number of carbonyl (C=O) groups is 1. The number of allylic oxidation sites excluding steroid dienone is 4. The maximum absolute atomic E-state index is 11.2. The van der Waals surface area contributed by atoms with Crippen molar-refractivity contribution in [2.45, 2.75) is 40.0 Å². The molecule has 0 bridgehead atoms. The number of rotatable bonds is 10. The molecule has 0 aromatic rings. The minimum atomic E-state index is 0.119. The summed E-state index contributed by atoms with van der Waals surface area (Å²) < 4.78 is 5.61. The zero-order chi connectivity index (χ0) is 14.7. The molecule has 0 aromatic carbocycles. The highest BCUT2D eigenvalue weighted by Gasteiger charge is 2.07. The predicted octanol–water partition coefficient (Wildman–Crippen LogP) is 3.37. The van der Waals surface area contributed by atoms with E-state index in [-0.39, 0.29) is 11.7 Å². The molecule has 108 valence electrons. The average molecular weight is 265 g/mol. The van der Waals surface area contributed by atoms with Gasteiger partial charge in [-0.2, -0.15) is 0 Å². The third kappa shape index (κ3) is 9.25. The molecule has 1 atom stereocenters. The van der Waals surface area contributed by atoms with Crippen molar-refractivity contribution in [3.05, 3.63) is 36.1 Å². The van der Waals surface area contributed by atoms with Gasteiger partial charge in [0.15, 0.2) is 0 Å². The molecule has 0 aliphatic heterocycles. The number of nitrogens with two attached hydrogens (primary N) is 1. The van der Waals surface area contributed by atoms with Crippen LogP contribution < -0.4 is 5.73 Å². The van der Waals surface area contributed by atoms with Crippen LogP contribution >= 0.6 is 0 Å². The number of carbonyl (C=O) groups excluding carboxylic acids is 1. The van der Waals surface area contributed by atoms with E-state index in [1.54, 1.807) is 13.0 Å². The Balaban J connectivity index is 4.36. The van der Waals surface area contributed by atoms with E-state index in [2.05, 4.69) is 13.5 Å². The molecule has 19 heavy (non-hydrogen) atoms. The van der Waals surface area contributed by atoms with Crippen molar-refractivity contribution in [3.8, 4) is 0 Å². The van der Waals surface area contributed by atoms with Crippen LogP contribution in [0, 0.1) is 5.92 Å². The van der Waals surface area contributed by atoms with Gasteiger partial charge >= 0.3 is 0 Å². The highest BCUT2D eigenvalue weighted by atomic mass is 16.5. The van der Waals surface area contributed by atoms with Crippen LogP contribution in [-0.2, 0) is 9.53 Å². The minimum absolute atomic E-state index is 0.119. The maximum Gasteiger partial charge on any atom is 0.132 e. The number of ketones is 1. The lowest BCUT2D eigenvalue weighted by Crippen LogP contribution is -2.06. The van der Waals surface area contributed by atoms with Gasteiger partial charge < -0.3 is 10.5 Å². The molecule has 0 saturated carbocycles. The van der Waals surface area contributed by atoms with E-state index in [1.807, 2.05) is 19.1 Å². The Labute approximate surface area is 117 Å². The molecule has 0 aliphatic carbocycles. The van der Waals surface area contributed by atoms with Gasteiger partial charge in [0.1, 0.15) is 11.5 Å². The SMILES string of the molecule is C=C/C=C(\C=C(/C)CCC(C)C(C)=O)OCCCN. The fraction of sp³-hybridized carbons (Fsp3) is 0.562. The molecule has 0 radical (unpaired) electrons. The molecule has 1 unspecified atom stereocenters. The quantitative estimate of drug-likeness (QED) is 0.374. The number of Topliss-reactive ketones (excluding diaryl/α,β-unsaturated/α-hetero) is 1. The molecular formula is C16H27NO2. The van der Waals surface area contributed by atoms with E-state index >= 15 is 0 Å². The molecule has 0 fully saturated rings. The lowest BCUT2D eigenvalue weighted by molar-refractivity contribution is -0.120. The summed E-state index contributed by atoms with van der Waals surface area (Å²) in [6, 6.07) is 0. The second-order valence-corrected chi connectivity index (χ2v) is 4.84. The molecule has 0 amide bonds. The third-order valence-electron chi connectivity index (χ3n) is 2.95. The van der Waals surface area contributed by atoms with Gasteiger partial charge in [-0.05, 0) is 51.8 Å². The van der Waals surface area contributed by atoms with E-state index in [9.17, 15) is 4.79 Å². The first-order chi connectivity index (χ1) is 9.01. The van der Waals surface area contributed by atoms with Gasteiger partial charge in [0, 0.05) is 5.92 Å². The van der Waals surface area contributed by atoms with Crippen molar-refractivity contribution in [2.75, 3.05) is 13.2 Å². The van der Waals surface area contributed by atoms with Crippen LogP contribution in [0.1, 0.15) is 40.0 Å². The first-order valence-electron chi connectivity index (χ1n) is 6.84. The van der Waals surface area contributed by atoms with Gasteiger partial charge in [0.05, 0.1) is 6.61 Å². The minimum Gasteiger partial charge on any atom is -0.494 e. The van der Waals surface area contributed by atoms with Gasteiger partial charge in [-0.3, -0.25) is 4.79 Å². The maximum atomic E-state index is 11.2. The van der Waals surface area contributed by atoms with Crippen molar-refractivity contribution in [2.24, 2.45) is 11.7 Å². The van der Waals surface area contributed by atoms with Crippen molar-refractivity contribution < 1.29 is 9.53 Å². The van der Waals surface area contributed by atoms with E-state index < -0.39 is 0 Å². The summed E-state index contributed by atoms with van der Waals surface area (Å²) in [5.74, 6) is 1.17. The van der Waals surface area contributed by atoms with Crippen molar-refractivity contribution in [1.29, 1.82) is 0 Å². The monoisotopic (exact) mass is 265 g/mol. The second-order valence-electron chi connectivity index (χ2n) is 4.84. The first kappa shape index (κ1) is 17.6. The molecule has 0 heterocycles. The van der Waals surface area contributed by atoms with Crippen molar-refractivity contribution in [3.63, 3.8) is 0 Å². The van der Waals surface area contributed by atoms with Crippen LogP contribution in [-0.4, -0.2) is 18.9 Å².